The van der Waals surface area contributed by atoms with E-state index in [0.717, 1.165) is 25.3 Å². The number of piperazine rings is 1. The number of likely N-dealkylation sites (tertiary alicyclic amines) is 1. The highest BCUT2D eigenvalue weighted by molar-refractivity contribution is 5.87. The van der Waals surface area contributed by atoms with Gasteiger partial charge in [0, 0.05) is 51.7 Å². The second-order valence-corrected chi connectivity index (χ2v) is 8.04. The summed E-state index contributed by atoms with van der Waals surface area (Å²) >= 11 is 0. The Morgan fingerprint density at radius 2 is 1.72 bits per heavy atom. The first-order valence-electron chi connectivity index (χ1n) is 10.3. The fraction of sp³-hybridized carbons (Fsp3) is 0.435. The number of hydrogen-bond donors (Lipinski definition) is 0. The first-order valence-corrected chi connectivity index (χ1v) is 10.3. The lowest BCUT2D eigenvalue weighted by molar-refractivity contribution is -0.157. The van der Waals surface area contributed by atoms with E-state index in [4.69, 9.17) is 0 Å². The van der Waals surface area contributed by atoms with E-state index in [9.17, 15) is 9.59 Å². The van der Waals surface area contributed by atoms with Gasteiger partial charge < -0.3 is 9.80 Å². The first kappa shape index (κ1) is 19.6. The van der Waals surface area contributed by atoms with Crippen LogP contribution >= 0.6 is 0 Å². The van der Waals surface area contributed by atoms with Crippen molar-refractivity contribution in [3.63, 3.8) is 0 Å². The molecule has 2 aliphatic heterocycles. The lowest BCUT2D eigenvalue weighted by atomic mass is 9.82. The van der Waals surface area contributed by atoms with Gasteiger partial charge in [-0.2, -0.15) is 0 Å². The van der Waals surface area contributed by atoms with E-state index in [1.165, 1.54) is 5.56 Å². The summed E-state index contributed by atoms with van der Waals surface area (Å²) in [4.78, 5) is 36.3. The molecule has 152 valence electrons. The maximum atomic E-state index is 13.2. The van der Waals surface area contributed by atoms with Crippen molar-refractivity contribution >= 4 is 11.8 Å². The number of hydrogen-bond acceptors (Lipinski definition) is 4. The molecule has 1 spiro atoms. The van der Waals surface area contributed by atoms with Crippen molar-refractivity contribution in [1.82, 2.24) is 19.7 Å². The molecule has 4 rings (SSSR count). The summed E-state index contributed by atoms with van der Waals surface area (Å²) in [7, 11) is 1.89. The number of amides is 2. The van der Waals surface area contributed by atoms with Crippen molar-refractivity contribution in [2.75, 3.05) is 33.2 Å². The number of rotatable bonds is 4. The fourth-order valence-electron chi connectivity index (χ4n) is 4.54. The van der Waals surface area contributed by atoms with Crippen LogP contribution in [0.5, 0.6) is 0 Å². The molecular formula is C23H28N4O2. The van der Waals surface area contributed by atoms with Gasteiger partial charge in [0.15, 0.2) is 0 Å². The summed E-state index contributed by atoms with van der Waals surface area (Å²) in [5.74, 6) is 0.279. The van der Waals surface area contributed by atoms with Gasteiger partial charge in [0.05, 0.1) is 6.42 Å². The minimum absolute atomic E-state index is 0.0878. The van der Waals surface area contributed by atoms with Gasteiger partial charge in [0.25, 0.3) is 0 Å². The average molecular weight is 393 g/mol. The molecule has 0 bridgehead atoms. The van der Waals surface area contributed by atoms with E-state index in [2.05, 4.69) is 22.0 Å². The van der Waals surface area contributed by atoms with Gasteiger partial charge in [-0.3, -0.25) is 19.5 Å². The van der Waals surface area contributed by atoms with E-state index >= 15 is 0 Å². The van der Waals surface area contributed by atoms with Crippen LogP contribution in [0.25, 0.3) is 0 Å². The van der Waals surface area contributed by atoms with Crippen LogP contribution in [0.3, 0.4) is 0 Å². The third-order valence-corrected chi connectivity index (χ3v) is 6.27. The van der Waals surface area contributed by atoms with E-state index in [-0.39, 0.29) is 11.8 Å². The number of carbonyl (C=O) groups is 2. The van der Waals surface area contributed by atoms with Crippen LogP contribution in [0.1, 0.15) is 24.1 Å². The first-order chi connectivity index (χ1) is 14.1. The molecule has 0 saturated carbocycles. The molecular weight excluding hydrogens is 364 g/mol. The standard InChI is InChI=1S/C23H28N4O2/c1-25-15-16-27(18-19-7-3-2-4-8-19)23(22(25)29)10-13-26(14-11-23)21(28)17-20-9-5-6-12-24-20/h2-9,12H,10-11,13-18H2,1H3. The van der Waals surface area contributed by atoms with Crippen LogP contribution in [-0.4, -0.2) is 70.3 Å². The average Bonchev–Trinajstić information content (AvgIpc) is 2.76. The summed E-state index contributed by atoms with van der Waals surface area (Å²) in [6.07, 6.45) is 3.38. The number of nitrogens with zero attached hydrogens (tertiary/aromatic N) is 4. The second kappa shape index (κ2) is 8.33. The van der Waals surface area contributed by atoms with Crippen LogP contribution in [-0.2, 0) is 22.6 Å². The van der Waals surface area contributed by atoms with Gasteiger partial charge in [-0.15, -0.1) is 0 Å². The molecule has 2 fully saturated rings. The van der Waals surface area contributed by atoms with Gasteiger partial charge in [-0.1, -0.05) is 36.4 Å². The molecule has 3 heterocycles. The van der Waals surface area contributed by atoms with Crippen LogP contribution in [0.2, 0.25) is 0 Å². The predicted octanol–water partition coefficient (Wildman–Crippen LogP) is 1.96. The Bertz CT molecular complexity index is 848. The lowest BCUT2D eigenvalue weighted by Crippen LogP contribution is -2.68. The lowest BCUT2D eigenvalue weighted by Gasteiger charge is -2.52. The highest BCUT2D eigenvalue weighted by Gasteiger charge is 2.50. The summed E-state index contributed by atoms with van der Waals surface area (Å²) < 4.78 is 0. The molecule has 29 heavy (non-hydrogen) atoms. The largest absolute Gasteiger partial charge is 0.343 e. The van der Waals surface area contributed by atoms with E-state index in [1.807, 2.05) is 53.2 Å². The molecule has 2 amide bonds. The van der Waals surface area contributed by atoms with E-state index < -0.39 is 5.54 Å². The van der Waals surface area contributed by atoms with Crippen LogP contribution < -0.4 is 0 Å². The van der Waals surface area contributed by atoms with E-state index in [0.29, 0.717) is 32.4 Å². The third-order valence-electron chi connectivity index (χ3n) is 6.27. The summed E-state index contributed by atoms with van der Waals surface area (Å²) in [5, 5.41) is 0. The normalized spacial score (nSPS) is 19.6. The molecule has 6 heteroatoms. The van der Waals surface area contributed by atoms with Crippen LogP contribution in [0.4, 0.5) is 0 Å². The zero-order valence-electron chi connectivity index (χ0n) is 17.0. The predicted molar refractivity (Wildman–Crippen MR) is 111 cm³/mol. The Hall–Kier alpha value is -2.73. The van der Waals surface area contributed by atoms with Crippen LogP contribution in [0.15, 0.2) is 54.7 Å². The van der Waals surface area contributed by atoms with Crippen molar-refractivity contribution in [3.05, 3.63) is 66.0 Å². The zero-order chi connectivity index (χ0) is 20.3. The van der Waals surface area contributed by atoms with Crippen molar-refractivity contribution in [2.45, 2.75) is 31.3 Å². The molecule has 2 aromatic rings. The highest BCUT2D eigenvalue weighted by Crippen LogP contribution is 2.34. The maximum Gasteiger partial charge on any atom is 0.243 e. The number of benzene rings is 1. The molecule has 0 radical (unpaired) electrons. The topological polar surface area (TPSA) is 56.8 Å². The van der Waals surface area contributed by atoms with Crippen molar-refractivity contribution < 1.29 is 9.59 Å². The molecule has 1 aromatic heterocycles. The van der Waals surface area contributed by atoms with Gasteiger partial charge in [-0.05, 0) is 30.5 Å². The number of aromatic nitrogens is 1. The number of pyridine rings is 1. The zero-order valence-corrected chi connectivity index (χ0v) is 17.0. The van der Waals surface area contributed by atoms with Gasteiger partial charge >= 0.3 is 0 Å². The van der Waals surface area contributed by atoms with Crippen molar-refractivity contribution in [1.29, 1.82) is 0 Å². The smallest absolute Gasteiger partial charge is 0.243 e. The number of piperidine rings is 1. The van der Waals surface area contributed by atoms with Gasteiger partial charge in [-0.25, -0.2) is 0 Å². The maximum absolute atomic E-state index is 13.2. The fourth-order valence-corrected chi connectivity index (χ4v) is 4.54. The summed E-state index contributed by atoms with van der Waals surface area (Å²) in [6, 6.07) is 16.0. The molecule has 0 aliphatic carbocycles. The number of carbonyl (C=O) groups excluding carboxylic acids is 2. The molecule has 0 unspecified atom stereocenters. The summed E-state index contributed by atoms with van der Waals surface area (Å²) in [5.41, 5.74) is 1.50. The molecule has 6 nitrogen and oxygen atoms in total. The van der Waals surface area contributed by atoms with Gasteiger partial charge in [0.2, 0.25) is 11.8 Å². The molecule has 2 aliphatic rings. The Morgan fingerprint density at radius 3 is 2.41 bits per heavy atom. The second-order valence-electron chi connectivity index (χ2n) is 8.04. The Labute approximate surface area is 172 Å². The Balaban J connectivity index is 1.46. The van der Waals surface area contributed by atoms with Crippen LogP contribution in [0, 0.1) is 0 Å². The summed E-state index contributed by atoms with van der Waals surface area (Å²) in [6.45, 7) is 3.59. The molecule has 1 aromatic carbocycles. The highest BCUT2D eigenvalue weighted by atomic mass is 16.2. The SMILES string of the molecule is CN1CCN(Cc2ccccc2)C2(CCN(C(=O)Cc3ccccn3)CC2)C1=O. The number of likely N-dealkylation sites (N-methyl/N-ethyl adjacent to an activating group) is 1. The Kier molecular flexibility index (Phi) is 5.62. The van der Waals surface area contributed by atoms with Crippen molar-refractivity contribution in [3.8, 4) is 0 Å². The third kappa shape index (κ3) is 4.03. The molecule has 0 N–H and O–H groups in total. The van der Waals surface area contributed by atoms with E-state index in [1.54, 1.807) is 6.20 Å². The quantitative estimate of drug-likeness (QED) is 0.798. The molecule has 2 saturated heterocycles. The Morgan fingerprint density at radius 1 is 1.00 bits per heavy atom. The minimum Gasteiger partial charge on any atom is -0.343 e. The minimum atomic E-state index is -0.509. The van der Waals surface area contributed by atoms with Gasteiger partial charge in [0.1, 0.15) is 5.54 Å². The van der Waals surface area contributed by atoms with Crippen molar-refractivity contribution in [2.24, 2.45) is 0 Å². The monoisotopic (exact) mass is 392 g/mol. The molecule has 0 atom stereocenters.